The first-order valence-electron chi connectivity index (χ1n) is 7.86. The number of aliphatic carboxylic acids is 1. The number of hydrogen-bond donors (Lipinski definition) is 3. The highest BCUT2D eigenvalue weighted by atomic mass is 16.4. The number of carbonyl (C=O) groups is 1. The number of carboxylic acids is 1. The van der Waals surface area contributed by atoms with Gasteiger partial charge in [-0.3, -0.25) is 4.79 Å². The molecule has 1 aromatic carbocycles. The van der Waals surface area contributed by atoms with E-state index in [9.17, 15) is 9.90 Å². The Morgan fingerprint density at radius 2 is 2.18 bits per heavy atom. The van der Waals surface area contributed by atoms with Crippen molar-refractivity contribution in [2.45, 2.75) is 52.0 Å². The normalized spacial score (nSPS) is 14.4. The molecule has 5 heteroatoms. The first kappa shape index (κ1) is 16.5. The average Bonchev–Trinajstić information content (AvgIpc) is 2.86. The van der Waals surface area contributed by atoms with Crippen LogP contribution in [0.15, 0.2) is 18.2 Å². The fourth-order valence-corrected chi connectivity index (χ4v) is 2.55. The Hall–Kier alpha value is -1.88. The molecule has 0 bridgehead atoms. The van der Waals surface area contributed by atoms with Gasteiger partial charge in [0.25, 0.3) is 0 Å². The number of nitrogens with two attached hydrogens (primary N) is 1. The Labute approximate surface area is 130 Å². The number of nitrogens with one attached hydrogen (secondary N) is 1. The molecule has 1 aromatic heterocycles. The molecule has 1 unspecified atom stereocenters. The van der Waals surface area contributed by atoms with Crippen molar-refractivity contribution in [1.29, 1.82) is 0 Å². The third-order valence-corrected chi connectivity index (χ3v) is 4.29. The molecule has 0 radical (unpaired) electrons. The lowest BCUT2D eigenvalue weighted by atomic mass is 9.82. The zero-order valence-corrected chi connectivity index (χ0v) is 13.5. The van der Waals surface area contributed by atoms with Crippen LogP contribution in [0, 0.1) is 5.92 Å². The molecule has 0 fully saturated rings. The second-order valence-electron chi connectivity index (χ2n) is 6.32. The van der Waals surface area contributed by atoms with Crippen molar-refractivity contribution in [1.82, 2.24) is 9.97 Å². The number of unbranched alkanes of at least 4 members (excludes halogenated alkanes) is 1. The summed E-state index contributed by atoms with van der Waals surface area (Å²) in [6.07, 6.45) is 3.47. The Kier molecular flexibility index (Phi) is 4.86. The van der Waals surface area contributed by atoms with Crippen molar-refractivity contribution in [2.24, 2.45) is 11.7 Å². The molecular formula is C17H25N3O2. The molecule has 120 valence electrons. The van der Waals surface area contributed by atoms with Crippen LogP contribution in [0.25, 0.3) is 11.0 Å². The van der Waals surface area contributed by atoms with E-state index in [0.717, 1.165) is 41.7 Å². The molecule has 0 aliphatic carbocycles. The van der Waals surface area contributed by atoms with Crippen LogP contribution in [0.3, 0.4) is 0 Å². The Morgan fingerprint density at radius 3 is 2.77 bits per heavy atom. The minimum atomic E-state index is -1.25. The third kappa shape index (κ3) is 3.30. The summed E-state index contributed by atoms with van der Waals surface area (Å²) in [7, 11) is 0. The van der Waals surface area contributed by atoms with Gasteiger partial charge in [0.1, 0.15) is 11.4 Å². The molecular weight excluding hydrogens is 278 g/mol. The van der Waals surface area contributed by atoms with Gasteiger partial charge in [0.2, 0.25) is 0 Å². The molecule has 0 saturated carbocycles. The summed E-state index contributed by atoms with van der Waals surface area (Å²) < 4.78 is 0. The van der Waals surface area contributed by atoms with Crippen molar-refractivity contribution in [3.8, 4) is 0 Å². The van der Waals surface area contributed by atoms with E-state index in [1.54, 1.807) is 0 Å². The molecule has 4 N–H and O–H groups in total. The van der Waals surface area contributed by atoms with Crippen molar-refractivity contribution < 1.29 is 9.90 Å². The smallest absolute Gasteiger partial charge is 0.324 e. The molecule has 0 saturated heterocycles. The van der Waals surface area contributed by atoms with Crippen LogP contribution < -0.4 is 5.73 Å². The highest BCUT2D eigenvalue weighted by Crippen LogP contribution is 2.23. The van der Waals surface area contributed by atoms with Crippen molar-refractivity contribution in [3.05, 3.63) is 29.6 Å². The van der Waals surface area contributed by atoms with Gasteiger partial charge in [-0.15, -0.1) is 0 Å². The first-order valence-corrected chi connectivity index (χ1v) is 7.86. The summed E-state index contributed by atoms with van der Waals surface area (Å²) in [6, 6.07) is 5.81. The maximum absolute atomic E-state index is 11.5. The van der Waals surface area contributed by atoms with Gasteiger partial charge in [-0.25, -0.2) is 4.98 Å². The molecule has 0 amide bonds. The molecule has 2 rings (SSSR count). The first-order chi connectivity index (χ1) is 10.4. The van der Waals surface area contributed by atoms with E-state index in [-0.39, 0.29) is 5.92 Å². The minimum absolute atomic E-state index is 0.150. The lowest BCUT2D eigenvalue weighted by Gasteiger charge is -2.28. The minimum Gasteiger partial charge on any atom is -0.480 e. The number of nitrogens with zero attached hydrogens (tertiary/aromatic N) is 1. The van der Waals surface area contributed by atoms with Crippen LogP contribution in [0.5, 0.6) is 0 Å². The quantitative estimate of drug-likeness (QED) is 0.733. The molecule has 1 atom stereocenters. The highest BCUT2D eigenvalue weighted by Gasteiger charge is 2.37. The van der Waals surface area contributed by atoms with Crippen molar-refractivity contribution in [2.75, 3.05) is 0 Å². The summed E-state index contributed by atoms with van der Waals surface area (Å²) in [5.41, 5.74) is 7.63. The van der Waals surface area contributed by atoms with Gasteiger partial charge >= 0.3 is 5.97 Å². The summed E-state index contributed by atoms with van der Waals surface area (Å²) in [6.45, 7) is 5.83. The maximum Gasteiger partial charge on any atom is 0.324 e. The van der Waals surface area contributed by atoms with Gasteiger partial charge in [0.15, 0.2) is 0 Å². The van der Waals surface area contributed by atoms with Gasteiger partial charge in [-0.05, 0) is 30.0 Å². The van der Waals surface area contributed by atoms with Crippen LogP contribution in [0.2, 0.25) is 0 Å². The average molecular weight is 303 g/mol. The summed E-state index contributed by atoms with van der Waals surface area (Å²) >= 11 is 0. The number of imidazole rings is 1. The topological polar surface area (TPSA) is 92.0 Å². The standard InChI is InChI=1S/C17H25N3O2/c1-4-5-6-15-19-13-8-7-12(9-14(13)20-15)10-17(18,11(2)3)16(21)22/h7-9,11H,4-6,10,18H2,1-3H3,(H,19,20)(H,21,22). The van der Waals surface area contributed by atoms with Gasteiger partial charge in [-0.1, -0.05) is 33.3 Å². The van der Waals surface area contributed by atoms with Crippen LogP contribution in [0.1, 0.15) is 45.0 Å². The zero-order chi connectivity index (χ0) is 16.3. The fourth-order valence-electron chi connectivity index (χ4n) is 2.55. The number of hydrogen-bond acceptors (Lipinski definition) is 3. The predicted molar refractivity (Wildman–Crippen MR) is 87.8 cm³/mol. The number of rotatable bonds is 7. The van der Waals surface area contributed by atoms with E-state index in [2.05, 4.69) is 16.9 Å². The predicted octanol–water partition coefficient (Wildman–Crippen LogP) is 2.89. The number of aryl methyl sites for hydroxylation is 1. The van der Waals surface area contributed by atoms with Crippen molar-refractivity contribution in [3.63, 3.8) is 0 Å². The molecule has 1 heterocycles. The number of H-pyrrole nitrogens is 1. The van der Waals surface area contributed by atoms with Gasteiger partial charge in [-0.2, -0.15) is 0 Å². The van der Waals surface area contributed by atoms with Gasteiger partial charge in [0.05, 0.1) is 11.0 Å². The van der Waals surface area contributed by atoms with E-state index < -0.39 is 11.5 Å². The van der Waals surface area contributed by atoms with Crippen LogP contribution >= 0.6 is 0 Å². The summed E-state index contributed by atoms with van der Waals surface area (Å²) in [5, 5.41) is 9.43. The molecule has 0 aliphatic rings. The monoisotopic (exact) mass is 303 g/mol. The van der Waals surface area contributed by atoms with Crippen LogP contribution in [0.4, 0.5) is 0 Å². The molecule has 0 aliphatic heterocycles. The Morgan fingerprint density at radius 1 is 1.45 bits per heavy atom. The number of benzene rings is 1. The second-order valence-corrected chi connectivity index (χ2v) is 6.32. The molecule has 0 spiro atoms. The van der Waals surface area contributed by atoms with Gasteiger partial charge < -0.3 is 15.8 Å². The molecule has 5 nitrogen and oxygen atoms in total. The maximum atomic E-state index is 11.5. The van der Waals surface area contributed by atoms with Gasteiger partial charge in [0, 0.05) is 12.8 Å². The second kappa shape index (κ2) is 6.48. The van der Waals surface area contributed by atoms with E-state index in [1.165, 1.54) is 0 Å². The molecule has 2 aromatic rings. The highest BCUT2D eigenvalue weighted by molar-refractivity contribution is 5.80. The summed E-state index contributed by atoms with van der Waals surface area (Å²) in [5.74, 6) is -0.131. The van der Waals surface area contributed by atoms with E-state index in [0.29, 0.717) is 6.42 Å². The number of carboxylic acid groups (broad SMARTS) is 1. The zero-order valence-electron chi connectivity index (χ0n) is 13.5. The summed E-state index contributed by atoms with van der Waals surface area (Å²) in [4.78, 5) is 19.4. The third-order valence-electron chi connectivity index (χ3n) is 4.29. The largest absolute Gasteiger partial charge is 0.480 e. The fraction of sp³-hybridized carbons (Fsp3) is 0.529. The molecule has 22 heavy (non-hydrogen) atoms. The van der Waals surface area contributed by atoms with Crippen molar-refractivity contribution >= 4 is 17.0 Å². The number of aromatic amines is 1. The SMILES string of the molecule is CCCCc1nc2ccc(CC(N)(C(=O)O)C(C)C)cc2[nH]1. The van der Waals surface area contributed by atoms with E-state index >= 15 is 0 Å². The number of fused-ring (bicyclic) bond motifs is 1. The Balaban J connectivity index is 2.27. The van der Waals surface area contributed by atoms with E-state index in [1.807, 2.05) is 32.0 Å². The van der Waals surface area contributed by atoms with E-state index in [4.69, 9.17) is 5.73 Å². The lowest BCUT2D eigenvalue weighted by Crippen LogP contribution is -2.54. The lowest BCUT2D eigenvalue weighted by molar-refractivity contribution is -0.145. The van der Waals surface area contributed by atoms with Crippen LogP contribution in [-0.4, -0.2) is 26.6 Å². The van der Waals surface area contributed by atoms with Crippen LogP contribution in [-0.2, 0) is 17.6 Å². The Bertz CT molecular complexity index is 663. The number of aromatic nitrogens is 2.